The maximum Gasteiger partial charge on any atom is 0.416 e. The summed E-state index contributed by atoms with van der Waals surface area (Å²) >= 11 is 0. The first-order chi connectivity index (χ1) is 10.0. The molecule has 0 aromatic heterocycles. The Balaban J connectivity index is 3.18. The highest BCUT2D eigenvalue weighted by Gasteiger charge is 2.33. The van der Waals surface area contributed by atoms with Crippen LogP contribution in [0.15, 0.2) is 18.2 Å². The van der Waals surface area contributed by atoms with Crippen LogP contribution in [0, 0.1) is 16.0 Å². The molecule has 9 heteroatoms. The Morgan fingerprint density at radius 3 is 2.36 bits per heavy atom. The van der Waals surface area contributed by atoms with Crippen LogP contribution < -0.4 is 10.4 Å². The molecule has 0 heterocycles. The van der Waals surface area contributed by atoms with Gasteiger partial charge in [-0.25, -0.2) is 0 Å². The molecule has 1 N–H and O–H groups in total. The lowest BCUT2D eigenvalue weighted by Gasteiger charge is -2.22. The van der Waals surface area contributed by atoms with Gasteiger partial charge in [0.2, 0.25) is 0 Å². The quantitative estimate of drug-likeness (QED) is 0.640. The molecular weight excluding hydrogens is 305 g/mol. The highest BCUT2D eigenvalue weighted by atomic mass is 19.4. The van der Waals surface area contributed by atoms with Gasteiger partial charge >= 0.3 is 6.18 Å². The van der Waals surface area contributed by atoms with Crippen molar-refractivity contribution >= 4 is 17.3 Å². The minimum absolute atomic E-state index is 0.0519. The molecule has 22 heavy (non-hydrogen) atoms. The zero-order valence-corrected chi connectivity index (χ0v) is 11.8. The average molecular weight is 319 g/mol. The largest absolute Gasteiger partial charge is 0.548 e. The molecule has 0 bridgehead atoms. The molecule has 6 nitrogen and oxygen atoms in total. The molecule has 1 atom stereocenters. The molecule has 0 aliphatic heterocycles. The van der Waals surface area contributed by atoms with E-state index in [4.69, 9.17) is 0 Å². The van der Waals surface area contributed by atoms with Crippen LogP contribution in [-0.2, 0) is 11.0 Å². The number of rotatable bonds is 6. The van der Waals surface area contributed by atoms with E-state index in [9.17, 15) is 33.2 Å². The van der Waals surface area contributed by atoms with E-state index in [0.717, 1.165) is 6.07 Å². The summed E-state index contributed by atoms with van der Waals surface area (Å²) < 4.78 is 37.7. The predicted molar refractivity (Wildman–Crippen MR) is 70.0 cm³/mol. The molecule has 0 aliphatic carbocycles. The Morgan fingerprint density at radius 2 is 1.95 bits per heavy atom. The third-order valence-corrected chi connectivity index (χ3v) is 2.84. The number of nitro groups is 1. The second-order valence-corrected chi connectivity index (χ2v) is 5.13. The van der Waals surface area contributed by atoms with Gasteiger partial charge in [-0.05, 0) is 24.5 Å². The second kappa shape index (κ2) is 6.63. The molecule has 122 valence electrons. The number of hydrogen-bond donors (Lipinski definition) is 1. The maximum atomic E-state index is 12.6. The van der Waals surface area contributed by atoms with Gasteiger partial charge in [-0.3, -0.25) is 10.1 Å². The van der Waals surface area contributed by atoms with Gasteiger partial charge in [0.25, 0.3) is 5.69 Å². The molecule has 0 fully saturated rings. The first-order valence-corrected chi connectivity index (χ1v) is 6.35. The summed E-state index contributed by atoms with van der Waals surface area (Å²) in [7, 11) is 0. The fourth-order valence-corrected chi connectivity index (χ4v) is 1.85. The van der Waals surface area contributed by atoms with Crippen LogP contribution in [0.4, 0.5) is 24.5 Å². The lowest BCUT2D eigenvalue weighted by molar-refractivity contribution is -0.384. The van der Waals surface area contributed by atoms with E-state index in [-0.39, 0.29) is 18.0 Å². The van der Waals surface area contributed by atoms with E-state index in [1.54, 1.807) is 13.8 Å². The van der Waals surface area contributed by atoms with Crippen molar-refractivity contribution in [2.45, 2.75) is 32.5 Å². The summed E-state index contributed by atoms with van der Waals surface area (Å²) in [5.41, 5.74) is -2.32. The number of nitro benzene ring substituents is 1. The van der Waals surface area contributed by atoms with E-state index in [1.807, 2.05) is 0 Å². The highest BCUT2D eigenvalue weighted by molar-refractivity contribution is 5.77. The number of anilines is 1. The molecule has 0 saturated carbocycles. The monoisotopic (exact) mass is 319 g/mol. The number of nitrogens with zero attached hydrogens (tertiary/aromatic N) is 1. The summed E-state index contributed by atoms with van der Waals surface area (Å²) in [6, 6.07) is 0.619. The Hall–Kier alpha value is -2.32. The second-order valence-electron chi connectivity index (χ2n) is 5.13. The molecule has 0 aliphatic rings. The van der Waals surface area contributed by atoms with Gasteiger partial charge in [-0.15, -0.1) is 0 Å². The van der Waals surface area contributed by atoms with Crippen molar-refractivity contribution in [3.05, 3.63) is 33.9 Å². The number of aliphatic carboxylic acids is 1. The SMILES string of the molecule is CC(C)C[C@@H](Nc1ccc(C(F)(F)F)cc1[N+](=O)[O-])C(=O)[O-]. The number of carboxylic acids is 1. The van der Waals surface area contributed by atoms with Gasteiger partial charge in [0.05, 0.1) is 22.5 Å². The Morgan fingerprint density at radius 1 is 1.36 bits per heavy atom. The number of carbonyl (C=O) groups excluding carboxylic acids is 1. The number of carboxylic acid groups (broad SMARTS) is 1. The van der Waals surface area contributed by atoms with Crippen LogP contribution >= 0.6 is 0 Å². The smallest absolute Gasteiger partial charge is 0.416 e. The predicted octanol–water partition coefficient (Wildman–Crippen LogP) is 2.19. The Kier molecular flexibility index (Phi) is 5.34. The summed E-state index contributed by atoms with van der Waals surface area (Å²) in [5.74, 6) is -1.54. The normalized spacial score (nSPS) is 13.0. The Bertz CT molecular complexity index is 573. The van der Waals surface area contributed by atoms with Gasteiger partial charge in [-0.1, -0.05) is 13.8 Å². The first-order valence-electron chi connectivity index (χ1n) is 6.35. The number of benzene rings is 1. The van der Waals surface area contributed by atoms with E-state index < -0.39 is 34.4 Å². The van der Waals surface area contributed by atoms with Gasteiger partial charge in [0, 0.05) is 6.07 Å². The zero-order valence-electron chi connectivity index (χ0n) is 11.8. The molecule has 1 aromatic rings. The lowest BCUT2D eigenvalue weighted by Crippen LogP contribution is -2.41. The van der Waals surface area contributed by atoms with Crippen molar-refractivity contribution in [2.24, 2.45) is 5.92 Å². The minimum atomic E-state index is -4.73. The van der Waals surface area contributed by atoms with Gasteiger partial charge in [0.15, 0.2) is 0 Å². The lowest BCUT2D eigenvalue weighted by atomic mass is 10.0. The van der Waals surface area contributed by atoms with Gasteiger partial charge < -0.3 is 15.2 Å². The van der Waals surface area contributed by atoms with Crippen LogP contribution in [0.5, 0.6) is 0 Å². The standard InChI is InChI=1S/C13H15F3N2O4/c1-7(2)5-10(12(19)20)17-9-4-3-8(13(14,15)16)6-11(9)18(21)22/h3-4,6-7,10,17H,5H2,1-2H3,(H,19,20)/p-1/t10-/m1/s1. The van der Waals surface area contributed by atoms with Crippen LogP contribution in [0.1, 0.15) is 25.8 Å². The van der Waals surface area contributed by atoms with Gasteiger partial charge in [0.1, 0.15) is 5.69 Å². The first kappa shape index (κ1) is 17.7. The molecule has 0 spiro atoms. The van der Waals surface area contributed by atoms with Crippen molar-refractivity contribution in [2.75, 3.05) is 5.32 Å². The van der Waals surface area contributed by atoms with Crippen LogP contribution in [0.3, 0.4) is 0 Å². The fourth-order valence-electron chi connectivity index (χ4n) is 1.85. The van der Waals surface area contributed by atoms with Crippen molar-refractivity contribution in [1.82, 2.24) is 0 Å². The molecular formula is C13H14F3N2O4-. The van der Waals surface area contributed by atoms with E-state index in [1.165, 1.54) is 0 Å². The molecule has 0 saturated heterocycles. The van der Waals surface area contributed by atoms with Crippen molar-refractivity contribution in [3.8, 4) is 0 Å². The molecule has 1 aromatic carbocycles. The molecule has 0 unspecified atom stereocenters. The third-order valence-electron chi connectivity index (χ3n) is 2.84. The number of hydrogen-bond acceptors (Lipinski definition) is 5. The number of carbonyl (C=O) groups is 1. The minimum Gasteiger partial charge on any atom is -0.548 e. The van der Waals surface area contributed by atoms with E-state index >= 15 is 0 Å². The Labute approximate surface area is 124 Å². The maximum absolute atomic E-state index is 12.6. The van der Waals surface area contributed by atoms with Crippen molar-refractivity contribution in [3.63, 3.8) is 0 Å². The van der Waals surface area contributed by atoms with Gasteiger partial charge in [-0.2, -0.15) is 13.2 Å². The molecule has 1 rings (SSSR count). The summed E-state index contributed by atoms with van der Waals surface area (Å²) in [5, 5.41) is 24.3. The van der Waals surface area contributed by atoms with Crippen LogP contribution in [0.2, 0.25) is 0 Å². The number of halogens is 3. The molecule has 0 amide bonds. The fraction of sp³-hybridized carbons (Fsp3) is 0.462. The summed E-state index contributed by atoms with van der Waals surface area (Å²) in [6.07, 6.45) is -4.62. The van der Waals surface area contributed by atoms with E-state index in [0.29, 0.717) is 12.1 Å². The number of nitrogens with one attached hydrogen (secondary N) is 1. The summed E-state index contributed by atoms with van der Waals surface area (Å²) in [4.78, 5) is 20.9. The van der Waals surface area contributed by atoms with Crippen LogP contribution in [-0.4, -0.2) is 16.9 Å². The van der Waals surface area contributed by atoms with Crippen molar-refractivity contribution < 1.29 is 28.0 Å². The van der Waals surface area contributed by atoms with Crippen LogP contribution in [0.25, 0.3) is 0 Å². The van der Waals surface area contributed by atoms with E-state index in [2.05, 4.69) is 5.32 Å². The topological polar surface area (TPSA) is 95.3 Å². The summed E-state index contributed by atoms with van der Waals surface area (Å²) in [6.45, 7) is 3.47. The average Bonchev–Trinajstić information content (AvgIpc) is 2.36. The number of alkyl halides is 3. The highest BCUT2D eigenvalue weighted by Crippen LogP contribution is 2.35. The molecule has 0 radical (unpaired) electrons. The zero-order chi connectivity index (χ0) is 17.1. The van der Waals surface area contributed by atoms with Crippen molar-refractivity contribution in [1.29, 1.82) is 0 Å². The third kappa shape index (κ3) is 4.61.